The van der Waals surface area contributed by atoms with Crippen LogP contribution >= 0.6 is 0 Å². The third-order valence-electron chi connectivity index (χ3n) is 7.86. The first-order valence-corrected chi connectivity index (χ1v) is 14.7. The number of hydrogen-bond acceptors (Lipinski definition) is 6. The average Bonchev–Trinajstić information content (AvgIpc) is 3.75. The zero-order valence-corrected chi connectivity index (χ0v) is 24.1. The average molecular weight is 564 g/mol. The Morgan fingerprint density at radius 2 is 1.90 bits per heavy atom. The predicted molar refractivity (Wildman–Crippen MR) is 167 cm³/mol. The number of hydrogen-bond donors (Lipinski definition) is 3. The van der Waals surface area contributed by atoms with Crippen LogP contribution in [0.3, 0.4) is 0 Å². The lowest BCUT2D eigenvalue weighted by Crippen LogP contribution is -2.45. The SMILES string of the molecule is CN(C)C/C=C/C(=O)Nc1ccc(C(=O)N2CCC[C@@H](Nc3ncc(C4CC4)c(-c4c[nH]c5ccccc45)n3)C2)cc1. The molecule has 2 aliphatic rings. The smallest absolute Gasteiger partial charge is 0.253 e. The molecule has 9 nitrogen and oxygen atoms in total. The molecule has 216 valence electrons. The van der Waals surface area contributed by atoms with E-state index in [9.17, 15) is 9.59 Å². The van der Waals surface area contributed by atoms with Crippen molar-refractivity contribution in [1.82, 2.24) is 24.8 Å². The molecule has 1 saturated carbocycles. The first kappa shape index (κ1) is 27.7. The molecule has 6 rings (SSSR count). The van der Waals surface area contributed by atoms with Crippen molar-refractivity contribution in [2.45, 2.75) is 37.6 Å². The summed E-state index contributed by atoms with van der Waals surface area (Å²) in [5, 5.41) is 7.52. The number of carbonyl (C=O) groups is 2. The Kier molecular flexibility index (Phi) is 8.01. The Hall–Kier alpha value is -4.50. The molecule has 0 radical (unpaired) electrons. The third kappa shape index (κ3) is 6.36. The van der Waals surface area contributed by atoms with Crippen LogP contribution in [0.5, 0.6) is 0 Å². The Morgan fingerprint density at radius 3 is 2.69 bits per heavy atom. The highest BCUT2D eigenvalue weighted by molar-refractivity contribution is 6.00. The van der Waals surface area contributed by atoms with Gasteiger partial charge in [0.15, 0.2) is 0 Å². The van der Waals surface area contributed by atoms with Crippen LogP contribution in [0.1, 0.15) is 47.5 Å². The summed E-state index contributed by atoms with van der Waals surface area (Å²) in [6.07, 6.45) is 11.5. The van der Waals surface area contributed by atoms with Crippen molar-refractivity contribution < 1.29 is 9.59 Å². The van der Waals surface area contributed by atoms with Gasteiger partial charge in [-0.3, -0.25) is 9.59 Å². The molecule has 1 aliphatic heterocycles. The van der Waals surface area contributed by atoms with Gasteiger partial charge in [-0.15, -0.1) is 0 Å². The van der Waals surface area contributed by atoms with E-state index in [4.69, 9.17) is 9.97 Å². The molecule has 2 aromatic carbocycles. The molecule has 1 atom stereocenters. The number of likely N-dealkylation sites (tertiary alicyclic amines) is 1. The number of aromatic amines is 1. The number of para-hydroxylation sites is 1. The lowest BCUT2D eigenvalue weighted by Gasteiger charge is -2.33. The van der Waals surface area contributed by atoms with Crippen molar-refractivity contribution in [3.05, 3.63) is 84.2 Å². The van der Waals surface area contributed by atoms with Crippen LogP contribution in [-0.4, -0.2) is 76.3 Å². The molecule has 2 fully saturated rings. The van der Waals surface area contributed by atoms with Crippen molar-refractivity contribution >= 4 is 34.4 Å². The van der Waals surface area contributed by atoms with Gasteiger partial charge in [-0.05, 0) is 76.0 Å². The van der Waals surface area contributed by atoms with Crippen LogP contribution in [0, 0.1) is 0 Å². The summed E-state index contributed by atoms with van der Waals surface area (Å²) in [4.78, 5) is 42.5. The monoisotopic (exact) mass is 563 g/mol. The van der Waals surface area contributed by atoms with E-state index in [1.807, 2.05) is 48.4 Å². The number of H-pyrrole nitrogens is 1. The normalized spacial score (nSPS) is 17.2. The minimum Gasteiger partial charge on any atom is -0.360 e. The lowest BCUT2D eigenvalue weighted by atomic mass is 10.0. The Balaban J connectivity index is 1.12. The Bertz CT molecular complexity index is 1600. The van der Waals surface area contributed by atoms with E-state index in [2.05, 4.69) is 33.8 Å². The quantitative estimate of drug-likeness (QED) is 0.240. The number of amides is 2. The van der Waals surface area contributed by atoms with Crippen LogP contribution in [0.25, 0.3) is 22.2 Å². The number of fused-ring (bicyclic) bond motifs is 1. The van der Waals surface area contributed by atoms with Crippen molar-refractivity contribution in [1.29, 1.82) is 0 Å². The number of benzene rings is 2. The largest absolute Gasteiger partial charge is 0.360 e. The predicted octanol–water partition coefficient (Wildman–Crippen LogP) is 5.28. The molecule has 42 heavy (non-hydrogen) atoms. The number of anilines is 2. The zero-order valence-electron chi connectivity index (χ0n) is 24.1. The molecule has 3 heterocycles. The van der Waals surface area contributed by atoms with E-state index in [0.717, 1.165) is 35.0 Å². The highest BCUT2D eigenvalue weighted by Crippen LogP contribution is 2.44. The second-order valence-corrected chi connectivity index (χ2v) is 11.5. The molecule has 2 aromatic heterocycles. The lowest BCUT2D eigenvalue weighted by molar-refractivity contribution is -0.111. The molecule has 1 saturated heterocycles. The summed E-state index contributed by atoms with van der Waals surface area (Å²) in [5.41, 5.74) is 5.63. The first-order chi connectivity index (χ1) is 20.4. The van der Waals surface area contributed by atoms with Gasteiger partial charge in [-0.25, -0.2) is 9.97 Å². The maximum absolute atomic E-state index is 13.4. The van der Waals surface area contributed by atoms with E-state index >= 15 is 0 Å². The highest BCUT2D eigenvalue weighted by Gasteiger charge is 2.30. The summed E-state index contributed by atoms with van der Waals surface area (Å²) in [6.45, 7) is 1.97. The Morgan fingerprint density at radius 1 is 1.10 bits per heavy atom. The molecule has 0 spiro atoms. The number of rotatable bonds is 9. The summed E-state index contributed by atoms with van der Waals surface area (Å²) >= 11 is 0. The van der Waals surface area contributed by atoms with E-state index in [1.54, 1.807) is 24.3 Å². The molecule has 4 aromatic rings. The summed E-state index contributed by atoms with van der Waals surface area (Å²) in [5.74, 6) is 0.902. The molecular formula is C33H37N7O2. The highest BCUT2D eigenvalue weighted by atomic mass is 16.2. The first-order valence-electron chi connectivity index (χ1n) is 14.7. The van der Waals surface area contributed by atoms with Crippen LogP contribution < -0.4 is 10.6 Å². The van der Waals surface area contributed by atoms with E-state index in [1.165, 1.54) is 24.5 Å². The van der Waals surface area contributed by atoms with Gasteiger partial charge in [0.05, 0.1) is 5.69 Å². The molecule has 1 aliphatic carbocycles. The fourth-order valence-corrected chi connectivity index (χ4v) is 5.53. The summed E-state index contributed by atoms with van der Waals surface area (Å²) < 4.78 is 0. The van der Waals surface area contributed by atoms with Gasteiger partial charge >= 0.3 is 0 Å². The standard InChI is InChI=1S/C33H37N7O2/c1-39(2)17-6-10-30(41)36-24-15-13-23(14-16-24)32(42)40-18-5-7-25(21-40)37-33-35-19-27(22-11-12-22)31(38-33)28-20-34-29-9-4-3-8-26(28)29/h3-4,6,8-10,13-16,19-20,22,25,34H,5,7,11-12,17-18,21H2,1-2H3,(H,36,41)(H,35,37,38)/b10-6+/t25-/m1/s1. The van der Waals surface area contributed by atoms with Crippen LogP contribution in [-0.2, 0) is 4.79 Å². The Labute approximate surface area is 246 Å². The van der Waals surface area contributed by atoms with Gasteiger partial charge in [-0.2, -0.15) is 0 Å². The maximum Gasteiger partial charge on any atom is 0.253 e. The number of piperidine rings is 1. The molecule has 0 unspecified atom stereocenters. The number of aromatic nitrogens is 3. The maximum atomic E-state index is 13.4. The zero-order chi connectivity index (χ0) is 29.1. The van der Waals surface area contributed by atoms with Gasteiger partial charge in [-0.1, -0.05) is 24.3 Å². The van der Waals surface area contributed by atoms with E-state index < -0.39 is 0 Å². The van der Waals surface area contributed by atoms with Crippen molar-refractivity contribution in [3.63, 3.8) is 0 Å². The van der Waals surface area contributed by atoms with Gasteiger partial charge < -0.3 is 25.4 Å². The minimum absolute atomic E-state index is 0.0188. The fraction of sp³-hybridized carbons (Fsp3) is 0.333. The molecular weight excluding hydrogens is 526 g/mol. The third-order valence-corrected chi connectivity index (χ3v) is 7.86. The van der Waals surface area contributed by atoms with Crippen LogP contribution in [0.15, 0.2) is 73.1 Å². The van der Waals surface area contributed by atoms with Gasteiger partial charge in [0, 0.05) is 77.4 Å². The molecule has 2 amide bonds. The molecule has 9 heteroatoms. The summed E-state index contributed by atoms with van der Waals surface area (Å²) in [7, 11) is 3.89. The minimum atomic E-state index is -0.193. The van der Waals surface area contributed by atoms with Crippen LogP contribution in [0.4, 0.5) is 11.6 Å². The number of nitrogens with one attached hydrogen (secondary N) is 3. The number of likely N-dealkylation sites (N-methyl/N-ethyl adjacent to an activating group) is 1. The van der Waals surface area contributed by atoms with Crippen molar-refractivity contribution in [3.8, 4) is 11.3 Å². The van der Waals surface area contributed by atoms with Crippen molar-refractivity contribution in [2.24, 2.45) is 0 Å². The molecule has 3 N–H and O–H groups in total. The second kappa shape index (κ2) is 12.2. The second-order valence-electron chi connectivity index (χ2n) is 11.5. The number of nitrogens with zero attached hydrogens (tertiary/aromatic N) is 4. The number of carbonyl (C=O) groups excluding carboxylic acids is 2. The van der Waals surface area contributed by atoms with E-state index in [0.29, 0.717) is 42.8 Å². The topological polar surface area (TPSA) is 106 Å². The van der Waals surface area contributed by atoms with Gasteiger partial charge in [0.2, 0.25) is 11.9 Å². The molecule has 0 bridgehead atoms. The fourth-order valence-electron chi connectivity index (χ4n) is 5.53. The van der Waals surface area contributed by atoms with E-state index in [-0.39, 0.29) is 17.9 Å². The van der Waals surface area contributed by atoms with Crippen LogP contribution in [0.2, 0.25) is 0 Å². The summed E-state index contributed by atoms with van der Waals surface area (Å²) in [6, 6.07) is 15.4. The van der Waals surface area contributed by atoms with Crippen molar-refractivity contribution in [2.75, 3.05) is 44.4 Å². The van der Waals surface area contributed by atoms with Gasteiger partial charge in [0.25, 0.3) is 5.91 Å². The van der Waals surface area contributed by atoms with Gasteiger partial charge in [0.1, 0.15) is 0 Å².